The van der Waals surface area contributed by atoms with Crippen molar-refractivity contribution in [1.29, 1.82) is 0 Å². The van der Waals surface area contributed by atoms with Crippen LogP contribution in [0, 0.1) is 5.41 Å². The second-order valence-corrected chi connectivity index (χ2v) is 6.80. The van der Waals surface area contributed by atoms with Crippen molar-refractivity contribution in [1.82, 2.24) is 9.80 Å². The van der Waals surface area contributed by atoms with Crippen LogP contribution >= 0.6 is 0 Å². The first-order valence-electron chi connectivity index (χ1n) is 8.77. The van der Waals surface area contributed by atoms with Gasteiger partial charge in [-0.15, -0.1) is 0 Å². The lowest BCUT2D eigenvalue weighted by Crippen LogP contribution is -2.50. The maximum Gasteiger partial charge on any atom is 0.311 e. The van der Waals surface area contributed by atoms with Crippen molar-refractivity contribution >= 4 is 17.8 Å². The van der Waals surface area contributed by atoms with E-state index in [4.69, 9.17) is 0 Å². The molecular formula is C17H28N2O4. The van der Waals surface area contributed by atoms with Gasteiger partial charge in [-0.2, -0.15) is 0 Å². The Balaban J connectivity index is 1.89. The van der Waals surface area contributed by atoms with Gasteiger partial charge >= 0.3 is 5.97 Å². The largest absolute Gasteiger partial charge is 0.481 e. The number of aliphatic carboxylic acids is 1. The zero-order chi connectivity index (χ0) is 16.9. The molecule has 0 spiro atoms. The molecule has 23 heavy (non-hydrogen) atoms. The van der Waals surface area contributed by atoms with E-state index in [-0.39, 0.29) is 11.8 Å². The molecule has 0 aromatic carbocycles. The molecule has 2 heterocycles. The van der Waals surface area contributed by atoms with Gasteiger partial charge in [0.1, 0.15) is 0 Å². The molecule has 0 aromatic rings. The molecule has 6 heteroatoms. The van der Waals surface area contributed by atoms with Gasteiger partial charge in [-0.05, 0) is 32.1 Å². The van der Waals surface area contributed by atoms with Crippen LogP contribution in [0.3, 0.4) is 0 Å². The number of carboxylic acids is 1. The Bertz CT molecular complexity index is 466. The zero-order valence-corrected chi connectivity index (χ0v) is 14.1. The number of piperidine rings is 1. The van der Waals surface area contributed by atoms with Crippen LogP contribution in [0.5, 0.6) is 0 Å². The number of carbonyl (C=O) groups is 3. The predicted octanol–water partition coefficient (Wildman–Crippen LogP) is 1.88. The minimum atomic E-state index is -0.805. The predicted molar refractivity (Wildman–Crippen MR) is 85.8 cm³/mol. The molecule has 2 saturated heterocycles. The smallest absolute Gasteiger partial charge is 0.311 e. The molecule has 130 valence electrons. The average Bonchev–Trinajstić information content (AvgIpc) is 2.76. The first-order chi connectivity index (χ1) is 11.0. The topological polar surface area (TPSA) is 77.9 Å². The summed E-state index contributed by atoms with van der Waals surface area (Å²) in [6.07, 6.45) is 5.79. The van der Waals surface area contributed by atoms with Crippen LogP contribution < -0.4 is 0 Å². The van der Waals surface area contributed by atoms with E-state index in [0.29, 0.717) is 45.3 Å². The van der Waals surface area contributed by atoms with Gasteiger partial charge in [0, 0.05) is 39.0 Å². The summed E-state index contributed by atoms with van der Waals surface area (Å²) in [5.74, 6) is -0.691. The molecule has 1 unspecified atom stereocenters. The molecule has 2 fully saturated rings. The molecule has 2 aliphatic heterocycles. The van der Waals surface area contributed by atoms with Crippen molar-refractivity contribution in [3.8, 4) is 0 Å². The van der Waals surface area contributed by atoms with Crippen LogP contribution in [0.4, 0.5) is 0 Å². The highest BCUT2D eigenvalue weighted by Crippen LogP contribution is 2.33. The summed E-state index contributed by atoms with van der Waals surface area (Å²) in [6, 6.07) is 0. The third kappa shape index (κ3) is 4.24. The Kier molecular flexibility index (Phi) is 6.02. The number of amides is 2. The van der Waals surface area contributed by atoms with E-state index < -0.39 is 11.4 Å². The van der Waals surface area contributed by atoms with Crippen molar-refractivity contribution in [2.24, 2.45) is 5.41 Å². The number of nitrogens with zero attached hydrogens (tertiary/aromatic N) is 2. The summed E-state index contributed by atoms with van der Waals surface area (Å²) in [6.45, 7) is 3.99. The van der Waals surface area contributed by atoms with E-state index in [0.717, 1.165) is 32.2 Å². The SMILES string of the molecule is CCC1(C(=O)O)CCCN(C(=O)CCN2CCCCCC2=O)C1. The molecule has 2 amide bonds. The van der Waals surface area contributed by atoms with Gasteiger partial charge in [0.25, 0.3) is 0 Å². The Labute approximate surface area is 137 Å². The quantitative estimate of drug-likeness (QED) is 0.837. The van der Waals surface area contributed by atoms with Gasteiger partial charge in [0.2, 0.25) is 11.8 Å². The second kappa shape index (κ2) is 7.79. The van der Waals surface area contributed by atoms with E-state index in [2.05, 4.69) is 0 Å². The maximum absolute atomic E-state index is 12.5. The summed E-state index contributed by atoms with van der Waals surface area (Å²) in [7, 11) is 0. The van der Waals surface area contributed by atoms with E-state index in [1.165, 1.54) is 0 Å². The summed E-state index contributed by atoms with van der Waals surface area (Å²) < 4.78 is 0. The number of likely N-dealkylation sites (tertiary alicyclic amines) is 2. The molecule has 0 aromatic heterocycles. The van der Waals surface area contributed by atoms with Crippen molar-refractivity contribution in [2.75, 3.05) is 26.2 Å². The summed E-state index contributed by atoms with van der Waals surface area (Å²) >= 11 is 0. The zero-order valence-electron chi connectivity index (χ0n) is 14.1. The van der Waals surface area contributed by atoms with Gasteiger partial charge < -0.3 is 14.9 Å². The molecule has 1 atom stereocenters. The van der Waals surface area contributed by atoms with Gasteiger partial charge in [-0.25, -0.2) is 0 Å². The number of rotatable bonds is 5. The molecule has 2 aliphatic rings. The number of hydrogen-bond donors (Lipinski definition) is 1. The Morgan fingerprint density at radius 2 is 1.96 bits per heavy atom. The van der Waals surface area contributed by atoms with Crippen molar-refractivity contribution < 1.29 is 19.5 Å². The third-order valence-corrected chi connectivity index (χ3v) is 5.33. The first kappa shape index (κ1) is 17.8. The lowest BCUT2D eigenvalue weighted by atomic mass is 9.77. The van der Waals surface area contributed by atoms with Crippen LogP contribution in [-0.2, 0) is 14.4 Å². The summed E-state index contributed by atoms with van der Waals surface area (Å²) in [4.78, 5) is 39.5. The van der Waals surface area contributed by atoms with Gasteiger partial charge in [-0.3, -0.25) is 14.4 Å². The Morgan fingerprint density at radius 3 is 2.65 bits per heavy atom. The molecule has 0 saturated carbocycles. The molecule has 2 rings (SSSR count). The normalized spacial score (nSPS) is 26.0. The van der Waals surface area contributed by atoms with Crippen molar-refractivity contribution in [2.45, 2.75) is 58.3 Å². The Hall–Kier alpha value is -1.59. The number of hydrogen-bond acceptors (Lipinski definition) is 3. The van der Waals surface area contributed by atoms with Gasteiger partial charge in [-0.1, -0.05) is 13.3 Å². The van der Waals surface area contributed by atoms with Crippen LogP contribution in [0.2, 0.25) is 0 Å². The van der Waals surface area contributed by atoms with E-state index >= 15 is 0 Å². The highest BCUT2D eigenvalue weighted by Gasteiger charge is 2.42. The fourth-order valence-electron chi connectivity index (χ4n) is 3.62. The van der Waals surface area contributed by atoms with Crippen LogP contribution in [0.25, 0.3) is 0 Å². The monoisotopic (exact) mass is 324 g/mol. The fraction of sp³-hybridized carbons (Fsp3) is 0.824. The minimum Gasteiger partial charge on any atom is -0.481 e. The molecule has 6 nitrogen and oxygen atoms in total. The second-order valence-electron chi connectivity index (χ2n) is 6.80. The summed E-state index contributed by atoms with van der Waals surface area (Å²) in [5.41, 5.74) is -0.799. The minimum absolute atomic E-state index is 0.0270. The van der Waals surface area contributed by atoms with E-state index in [1.807, 2.05) is 6.92 Å². The lowest BCUT2D eigenvalue weighted by Gasteiger charge is -2.39. The van der Waals surface area contributed by atoms with Gasteiger partial charge in [0.15, 0.2) is 0 Å². The number of carboxylic acid groups (broad SMARTS) is 1. The van der Waals surface area contributed by atoms with Crippen molar-refractivity contribution in [3.63, 3.8) is 0 Å². The summed E-state index contributed by atoms with van der Waals surface area (Å²) in [5, 5.41) is 9.50. The maximum atomic E-state index is 12.5. The average molecular weight is 324 g/mol. The van der Waals surface area contributed by atoms with E-state index in [1.54, 1.807) is 9.80 Å². The first-order valence-corrected chi connectivity index (χ1v) is 8.77. The standard InChI is InChI=1S/C17H28N2O4/c1-2-17(16(22)23)9-6-11-19(13-17)15(21)8-12-18-10-5-3-4-7-14(18)20/h2-13H2,1H3,(H,22,23). The third-order valence-electron chi connectivity index (χ3n) is 5.33. The fourth-order valence-corrected chi connectivity index (χ4v) is 3.62. The lowest BCUT2D eigenvalue weighted by molar-refractivity contribution is -0.155. The van der Waals surface area contributed by atoms with Crippen LogP contribution in [0.15, 0.2) is 0 Å². The van der Waals surface area contributed by atoms with Crippen LogP contribution in [-0.4, -0.2) is 58.9 Å². The molecule has 0 radical (unpaired) electrons. The van der Waals surface area contributed by atoms with Crippen LogP contribution in [0.1, 0.15) is 58.3 Å². The Morgan fingerprint density at radius 1 is 1.17 bits per heavy atom. The molecule has 0 aliphatic carbocycles. The number of carbonyl (C=O) groups excluding carboxylic acids is 2. The van der Waals surface area contributed by atoms with Gasteiger partial charge in [0.05, 0.1) is 5.41 Å². The highest BCUT2D eigenvalue weighted by atomic mass is 16.4. The molecule has 0 bridgehead atoms. The van der Waals surface area contributed by atoms with Crippen molar-refractivity contribution in [3.05, 3.63) is 0 Å². The molecular weight excluding hydrogens is 296 g/mol. The van der Waals surface area contributed by atoms with E-state index in [9.17, 15) is 19.5 Å². The molecule has 1 N–H and O–H groups in total. The highest BCUT2D eigenvalue weighted by molar-refractivity contribution is 5.81.